The Morgan fingerprint density at radius 3 is 2.81 bits per heavy atom. The average Bonchev–Trinajstić information content (AvgIpc) is 2.29. The second kappa shape index (κ2) is 3.48. The summed E-state index contributed by atoms with van der Waals surface area (Å²) >= 11 is 0. The van der Waals surface area contributed by atoms with E-state index in [9.17, 15) is 0 Å². The lowest BCUT2D eigenvalue weighted by molar-refractivity contribution is 1.14. The quantitative estimate of drug-likeness (QED) is 0.653. The number of rotatable bonds is 1. The first-order valence-corrected chi connectivity index (χ1v) is 6.00. The molecule has 0 aromatic heterocycles. The van der Waals surface area contributed by atoms with E-state index in [1.807, 2.05) is 0 Å². The van der Waals surface area contributed by atoms with Gasteiger partial charge in [0.15, 0.2) is 0 Å². The van der Waals surface area contributed by atoms with E-state index in [4.69, 9.17) is 0 Å². The molecule has 0 spiro atoms. The van der Waals surface area contributed by atoms with Gasteiger partial charge in [0.2, 0.25) is 0 Å². The van der Waals surface area contributed by atoms with Crippen LogP contribution in [0.2, 0.25) is 0 Å². The van der Waals surface area contributed by atoms with Gasteiger partial charge in [-0.2, -0.15) is 0 Å². The van der Waals surface area contributed by atoms with Gasteiger partial charge in [-0.05, 0) is 47.2 Å². The minimum absolute atomic E-state index is 1.11. The molecule has 1 aliphatic carbocycles. The predicted octanol–water partition coefficient (Wildman–Crippen LogP) is 4.36. The molecule has 0 nitrogen and oxygen atoms in total. The van der Waals surface area contributed by atoms with Crippen LogP contribution in [0, 0.1) is 0 Å². The van der Waals surface area contributed by atoms with Crippen LogP contribution in [-0.2, 0) is 12.8 Å². The smallest absolute Gasteiger partial charge is 0.00602 e. The molecule has 1 aliphatic rings. The van der Waals surface area contributed by atoms with E-state index >= 15 is 0 Å². The van der Waals surface area contributed by atoms with Crippen LogP contribution >= 0.6 is 0 Å². The second-order valence-corrected chi connectivity index (χ2v) is 4.67. The lowest BCUT2D eigenvalue weighted by Crippen LogP contribution is -1.98. The number of benzene rings is 2. The lowest BCUT2D eigenvalue weighted by atomic mass is 9.87. The molecule has 2 aromatic rings. The lowest BCUT2D eigenvalue weighted by Gasteiger charge is -2.17. The van der Waals surface area contributed by atoms with Crippen molar-refractivity contribution < 1.29 is 0 Å². The van der Waals surface area contributed by atoms with Crippen LogP contribution in [0.5, 0.6) is 0 Å². The van der Waals surface area contributed by atoms with Crippen LogP contribution in [0.4, 0.5) is 0 Å². The van der Waals surface area contributed by atoms with Crippen molar-refractivity contribution in [1.82, 2.24) is 0 Å². The maximum Gasteiger partial charge on any atom is -0.00602 e. The molecular formula is C16H16. The summed E-state index contributed by atoms with van der Waals surface area (Å²) in [6, 6.07) is 11.3. The Morgan fingerprint density at radius 1 is 1.12 bits per heavy atom. The van der Waals surface area contributed by atoms with E-state index in [1.165, 1.54) is 33.0 Å². The maximum atomic E-state index is 2.33. The molecule has 0 bridgehead atoms. The third-order valence-electron chi connectivity index (χ3n) is 3.50. The molecule has 0 unspecified atom stereocenters. The average molecular weight is 208 g/mol. The molecule has 0 fully saturated rings. The Bertz CT molecular complexity index is 588. The van der Waals surface area contributed by atoms with Crippen LogP contribution in [-0.4, -0.2) is 0 Å². The molecule has 0 heterocycles. The Morgan fingerprint density at radius 2 is 2.00 bits per heavy atom. The van der Waals surface area contributed by atoms with E-state index in [-0.39, 0.29) is 0 Å². The minimum Gasteiger partial charge on any atom is -0.0683 e. The van der Waals surface area contributed by atoms with Crippen molar-refractivity contribution in [1.29, 1.82) is 0 Å². The first kappa shape index (κ1) is 9.65. The summed E-state index contributed by atoms with van der Waals surface area (Å²) in [5, 5.41) is 2.92. The molecule has 0 N–H and O–H groups in total. The fourth-order valence-corrected chi connectivity index (χ4v) is 2.76. The van der Waals surface area contributed by atoms with Gasteiger partial charge < -0.3 is 0 Å². The van der Waals surface area contributed by atoms with Crippen molar-refractivity contribution >= 4 is 16.8 Å². The van der Waals surface area contributed by atoms with Gasteiger partial charge in [-0.1, -0.05) is 48.9 Å². The van der Waals surface area contributed by atoms with Crippen molar-refractivity contribution in [2.45, 2.75) is 26.7 Å². The molecule has 0 saturated carbocycles. The molecule has 16 heavy (non-hydrogen) atoms. The SMILES string of the molecule is CCc1ccc2c3c(cccc13)CC(C)=C2. The van der Waals surface area contributed by atoms with Crippen molar-refractivity contribution in [3.05, 3.63) is 52.6 Å². The van der Waals surface area contributed by atoms with Crippen molar-refractivity contribution in [3.63, 3.8) is 0 Å². The molecule has 0 radical (unpaired) electrons. The Hall–Kier alpha value is -1.56. The Balaban J connectivity index is 2.44. The highest BCUT2D eigenvalue weighted by molar-refractivity contribution is 5.97. The summed E-state index contributed by atoms with van der Waals surface area (Å²) < 4.78 is 0. The standard InChI is InChI=1S/C16H16/c1-3-12-7-8-14-10-11(2)9-13-5-4-6-15(12)16(13)14/h4-8,10H,3,9H2,1-2H3. The van der Waals surface area contributed by atoms with Crippen molar-refractivity contribution in [2.24, 2.45) is 0 Å². The third-order valence-corrected chi connectivity index (χ3v) is 3.50. The number of hydrogen-bond donors (Lipinski definition) is 0. The summed E-state index contributed by atoms with van der Waals surface area (Å²) in [5.41, 5.74) is 5.81. The summed E-state index contributed by atoms with van der Waals surface area (Å²) in [7, 11) is 0. The fourth-order valence-electron chi connectivity index (χ4n) is 2.76. The zero-order valence-corrected chi connectivity index (χ0v) is 9.88. The van der Waals surface area contributed by atoms with Gasteiger partial charge in [-0.3, -0.25) is 0 Å². The van der Waals surface area contributed by atoms with Crippen LogP contribution in [0.25, 0.3) is 16.8 Å². The van der Waals surface area contributed by atoms with E-state index in [1.54, 1.807) is 0 Å². The largest absolute Gasteiger partial charge is 0.0683 e. The highest BCUT2D eigenvalue weighted by atomic mass is 14.2. The molecule has 3 rings (SSSR count). The van der Waals surface area contributed by atoms with Gasteiger partial charge in [0.25, 0.3) is 0 Å². The monoisotopic (exact) mass is 208 g/mol. The van der Waals surface area contributed by atoms with Crippen LogP contribution in [0.3, 0.4) is 0 Å². The zero-order chi connectivity index (χ0) is 11.1. The van der Waals surface area contributed by atoms with Gasteiger partial charge in [0.05, 0.1) is 0 Å². The van der Waals surface area contributed by atoms with Gasteiger partial charge >= 0.3 is 0 Å². The van der Waals surface area contributed by atoms with E-state index < -0.39 is 0 Å². The molecule has 0 atom stereocenters. The van der Waals surface area contributed by atoms with Crippen molar-refractivity contribution in [2.75, 3.05) is 0 Å². The van der Waals surface area contributed by atoms with Crippen LogP contribution in [0.15, 0.2) is 35.9 Å². The number of allylic oxidation sites excluding steroid dienone is 1. The first-order chi connectivity index (χ1) is 7.79. The third kappa shape index (κ3) is 1.30. The molecule has 2 aromatic carbocycles. The number of hydrogen-bond acceptors (Lipinski definition) is 0. The summed E-state index contributed by atoms with van der Waals surface area (Å²) in [6.07, 6.45) is 4.55. The second-order valence-electron chi connectivity index (χ2n) is 4.67. The van der Waals surface area contributed by atoms with Gasteiger partial charge in [0.1, 0.15) is 0 Å². The molecule has 0 aliphatic heterocycles. The van der Waals surface area contributed by atoms with Crippen molar-refractivity contribution in [3.8, 4) is 0 Å². The Kier molecular flexibility index (Phi) is 2.10. The summed E-state index contributed by atoms with van der Waals surface area (Å²) in [6.45, 7) is 4.45. The highest BCUT2D eigenvalue weighted by Crippen LogP contribution is 2.33. The van der Waals surface area contributed by atoms with Crippen LogP contribution in [0.1, 0.15) is 30.5 Å². The van der Waals surface area contributed by atoms with Gasteiger partial charge in [-0.25, -0.2) is 0 Å². The highest BCUT2D eigenvalue weighted by Gasteiger charge is 2.12. The molecule has 0 heteroatoms. The van der Waals surface area contributed by atoms with Crippen LogP contribution < -0.4 is 0 Å². The first-order valence-electron chi connectivity index (χ1n) is 6.00. The summed E-state index contributed by atoms with van der Waals surface area (Å²) in [5.74, 6) is 0. The van der Waals surface area contributed by atoms with Gasteiger partial charge in [0, 0.05) is 0 Å². The molecular weight excluding hydrogens is 192 g/mol. The molecule has 0 saturated heterocycles. The Labute approximate surface area is 96.6 Å². The normalized spacial score (nSPS) is 14.0. The minimum atomic E-state index is 1.11. The predicted molar refractivity (Wildman–Crippen MR) is 70.7 cm³/mol. The number of aryl methyl sites for hydroxylation is 1. The maximum absolute atomic E-state index is 2.33. The van der Waals surface area contributed by atoms with Gasteiger partial charge in [-0.15, -0.1) is 0 Å². The summed E-state index contributed by atoms with van der Waals surface area (Å²) in [4.78, 5) is 0. The topological polar surface area (TPSA) is 0 Å². The zero-order valence-electron chi connectivity index (χ0n) is 9.88. The fraction of sp³-hybridized carbons (Fsp3) is 0.250. The van der Waals surface area contributed by atoms with E-state index in [2.05, 4.69) is 50.3 Å². The van der Waals surface area contributed by atoms with E-state index in [0.29, 0.717) is 0 Å². The van der Waals surface area contributed by atoms with E-state index in [0.717, 1.165) is 12.8 Å². The molecule has 80 valence electrons. The molecule has 0 amide bonds.